The summed E-state index contributed by atoms with van der Waals surface area (Å²) in [6.45, 7) is 3.51. The average molecular weight is 539 g/mol. The molecule has 2 N–H and O–H groups in total. The molecule has 1 unspecified atom stereocenters. The lowest BCUT2D eigenvalue weighted by Gasteiger charge is -2.26. The summed E-state index contributed by atoms with van der Waals surface area (Å²) in [7, 11) is -0.736. The van der Waals surface area contributed by atoms with Gasteiger partial charge in [-0.3, -0.25) is 9.12 Å². The van der Waals surface area contributed by atoms with Crippen LogP contribution in [0.1, 0.15) is 30.0 Å². The quantitative estimate of drug-likeness (QED) is 0.421. The van der Waals surface area contributed by atoms with Gasteiger partial charge in [0, 0.05) is 30.1 Å². The molecule has 0 spiro atoms. The van der Waals surface area contributed by atoms with Crippen LogP contribution in [0.3, 0.4) is 0 Å². The van der Waals surface area contributed by atoms with Crippen molar-refractivity contribution in [2.24, 2.45) is 0 Å². The van der Waals surface area contributed by atoms with Crippen LogP contribution in [0.15, 0.2) is 47.1 Å². The van der Waals surface area contributed by atoms with E-state index in [1.54, 1.807) is 42.6 Å². The molecule has 3 aromatic rings. The van der Waals surface area contributed by atoms with Crippen molar-refractivity contribution in [1.29, 1.82) is 0 Å². The van der Waals surface area contributed by atoms with E-state index in [4.69, 9.17) is 4.74 Å². The number of halogens is 1. The van der Waals surface area contributed by atoms with Gasteiger partial charge in [0.1, 0.15) is 10.5 Å². The van der Waals surface area contributed by atoms with Gasteiger partial charge in [-0.25, -0.2) is 4.79 Å². The van der Waals surface area contributed by atoms with Crippen LogP contribution in [0.5, 0.6) is 5.75 Å². The van der Waals surface area contributed by atoms with Crippen LogP contribution in [0.4, 0.5) is 4.79 Å². The van der Waals surface area contributed by atoms with E-state index >= 15 is 0 Å². The summed E-state index contributed by atoms with van der Waals surface area (Å²) in [4.78, 5) is 14.7. The molecule has 33 heavy (non-hydrogen) atoms. The van der Waals surface area contributed by atoms with Gasteiger partial charge in [-0.05, 0) is 61.6 Å². The predicted molar refractivity (Wildman–Crippen MR) is 130 cm³/mol. The van der Waals surface area contributed by atoms with Crippen molar-refractivity contribution < 1.29 is 27.6 Å². The van der Waals surface area contributed by atoms with E-state index in [2.05, 4.69) is 15.9 Å². The number of aryl methyl sites for hydroxylation is 1. The van der Waals surface area contributed by atoms with E-state index in [9.17, 15) is 22.9 Å². The maximum atomic E-state index is 12.8. The van der Waals surface area contributed by atoms with Gasteiger partial charge in [0.25, 0.3) is 10.1 Å². The van der Waals surface area contributed by atoms with Gasteiger partial charge in [-0.2, -0.15) is 8.42 Å². The average Bonchev–Trinajstić information content (AvgIpc) is 3.14. The Morgan fingerprint density at radius 2 is 1.85 bits per heavy atom. The molecule has 0 saturated carbocycles. The van der Waals surface area contributed by atoms with Crippen molar-refractivity contribution in [1.82, 2.24) is 9.47 Å². The fourth-order valence-electron chi connectivity index (χ4n) is 3.67. The van der Waals surface area contributed by atoms with Gasteiger partial charge in [-0.1, -0.05) is 29.8 Å². The Bertz CT molecular complexity index is 1280. The van der Waals surface area contributed by atoms with Crippen LogP contribution >= 0.6 is 15.9 Å². The molecule has 8 nitrogen and oxygen atoms in total. The number of benzene rings is 2. The normalized spacial score (nSPS) is 13.9. The number of ether oxygens (including phenoxy) is 1. The summed E-state index contributed by atoms with van der Waals surface area (Å²) in [6, 6.07) is 10.1. The summed E-state index contributed by atoms with van der Waals surface area (Å²) < 4.78 is 39.8. The van der Waals surface area contributed by atoms with Gasteiger partial charge < -0.3 is 14.7 Å². The third-order valence-electron chi connectivity index (χ3n) is 5.73. The number of fused-ring (bicyclic) bond motifs is 1. The molecule has 0 aliphatic carbocycles. The number of hydrogen-bond acceptors (Lipinski definition) is 6. The number of aromatic hydroxyl groups is 1. The summed E-state index contributed by atoms with van der Waals surface area (Å²) in [5.41, 5.74) is 2.56. The Morgan fingerprint density at radius 3 is 2.42 bits per heavy atom. The van der Waals surface area contributed by atoms with Gasteiger partial charge in [0.05, 0.1) is 16.6 Å². The van der Waals surface area contributed by atoms with E-state index in [1.807, 2.05) is 25.9 Å². The SMILES string of the molecule is Cc1ccc(C(C)(CCOC(=O)n2ccc3c(CN(C)C)c(O)c(Br)cc32)S(=O)(=O)O)cc1. The van der Waals surface area contributed by atoms with Crippen molar-refractivity contribution in [2.75, 3.05) is 20.7 Å². The van der Waals surface area contributed by atoms with E-state index in [1.165, 1.54) is 11.5 Å². The van der Waals surface area contributed by atoms with E-state index in [0.717, 1.165) is 5.56 Å². The molecule has 1 atom stereocenters. The molecule has 0 amide bonds. The highest BCUT2D eigenvalue weighted by Crippen LogP contribution is 2.36. The molecule has 2 aromatic carbocycles. The number of nitrogens with zero attached hydrogens (tertiary/aromatic N) is 2. The fourth-order valence-corrected chi connectivity index (χ4v) is 4.90. The Kier molecular flexibility index (Phi) is 7.23. The minimum absolute atomic E-state index is 0.101. The number of rotatable bonds is 7. The predicted octanol–water partition coefficient (Wildman–Crippen LogP) is 4.66. The van der Waals surface area contributed by atoms with Crippen LogP contribution in [0.25, 0.3) is 10.9 Å². The smallest absolute Gasteiger partial charge is 0.418 e. The maximum Gasteiger partial charge on any atom is 0.418 e. The standard InChI is InChI=1S/C23H27BrN2O6S/c1-15-5-7-16(8-6-15)23(2,33(29,30)31)10-12-32-22(28)26-11-9-17-18(14-25(3)4)21(27)19(24)13-20(17)26/h5-9,11,13,27H,10,12,14H2,1-4H3,(H,29,30,31). The molecule has 0 fully saturated rings. The number of hydrogen-bond donors (Lipinski definition) is 2. The van der Waals surface area contributed by atoms with Crippen molar-refractivity contribution in [3.63, 3.8) is 0 Å². The summed E-state index contributed by atoms with van der Waals surface area (Å²) in [6.07, 6.45) is 0.718. The lowest BCUT2D eigenvalue weighted by Crippen LogP contribution is -2.34. The largest absolute Gasteiger partial charge is 0.506 e. The van der Waals surface area contributed by atoms with Crippen molar-refractivity contribution in [2.45, 2.75) is 31.6 Å². The Labute approximate surface area is 201 Å². The number of carbonyl (C=O) groups is 1. The Morgan fingerprint density at radius 1 is 1.21 bits per heavy atom. The van der Waals surface area contributed by atoms with E-state index in [0.29, 0.717) is 33.0 Å². The van der Waals surface area contributed by atoms with Crippen LogP contribution in [0.2, 0.25) is 0 Å². The van der Waals surface area contributed by atoms with Gasteiger partial charge in [-0.15, -0.1) is 0 Å². The lowest BCUT2D eigenvalue weighted by atomic mass is 9.96. The Hall–Kier alpha value is -2.40. The van der Waals surface area contributed by atoms with E-state index in [-0.39, 0.29) is 18.8 Å². The molecular formula is C23H27BrN2O6S. The van der Waals surface area contributed by atoms with Crippen molar-refractivity contribution in [3.8, 4) is 5.75 Å². The molecule has 0 aliphatic rings. The molecule has 178 valence electrons. The first-order chi connectivity index (χ1) is 15.3. The van der Waals surface area contributed by atoms with Crippen molar-refractivity contribution >= 4 is 43.0 Å². The number of phenolic OH excluding ortho intramolecular Hbond substituents is 1. The Balaban J connectivity index is 1.84. The fraction of sp³-hybridized carbons (Fsp3) is 0.348. The topological polar surface area (TPSA) is 109 Å². The van der Waals surface area contributed by atoms with Crippen LogP contribution in [0, 0.1) is 6.92 Å². The van der Waals surface area contributed by atoms with E-state index < -0.39 is 21.0 Å². The minimum Gasteiger partial charge on any atom is -0.506 e. The van der Waals surface area contributed by atoms with Crippen molar-refractivity contribution in [3.05, 3.63) is 63.8 Å². The molecular weight excluding hydrogens is 512 g/mol. The van der Waals surface area contributed by atoms with Crippen LogP contribution in [-0.2, 0) is 26.1 Å². The first kappa shape index (κ1) is 25.2. The molecule has 0 bridgehead atoms. The maximum absolute atomic E-state index is 12.8. The molecule has 10 heteroatoms. The number of phenols is 1. The van der Waals surface area contributed by atoms with Gasteiger partial charge >= 0.3 is 6.09 Å². The monoisotopic (exact) mass is 538 g/mol. The molecule has 0 radical (unpaired) electrons. The molecule has 1 aromatic heterocycles. The first-order valence-corrected chi connectivity index (χ1v) is 12.5. The zero-order valence-electron chi connectivity index (χ0n) is 18.9. The third kappa shape index (κ3) is 5.08. The second-order valence-electron chi connectivity index (χ2n) is 8.48. The second kappa shape index (κ2) is 9.46. The van der Waals surface area contributed by atoms with Crippen LogP contribution < -0.4 is 0 Å². The lowest BCUT2D eigenvalue weighted by molar-refractivity contribution is 0.143. The molecule has 0 saturated heterocycles. The summed E-state index contributed by atoms with van der Waals surface area (Å²) >= 11 is 3.33. The third-order valence-corrected chi connectivity index (χ3v) is 7.92. The zero-order valence-corrected chi connectivity index (χ0v) is 21.3. The second-order valence-corrected chi connectivity index (χ2v) is 11.2. The number of carbonyl (C=O) groups excluding carboxylic acids is 1. The van der Waals surface area contributed by atoms with Crippen LogP contribution in [-0.4, -0.2) is 54.3 Å². The highest BCUT2D eigenvalue weighted by Gasteiger charge is 2.40. The van der Waals surface area contributed by atoms with Gasteiger partial charge in [0.15, 0.2) is 0 Å². The van der Waals surface area contributed by atoms with Gasteiger partial charge in [0.2, 0.25) is 0 Å². The molecule has 1 heterocycles. The molecule has 3 rings (SSSR count). The highest BCUT2D eigenvalue weighted by molar-refractivity contribution is 9.10. The highest BCUT2D eigenvalue weighted by atomic mass is 79.9. The zero-order chi connectivity index (χ0) is 24.6. The summed E-state index contributed by atoms with van der Waals surface area (Å²) in [5, 5.41) is 11.1. The first-order valence-electron chi connectivity index (χ1n) is 10.2. The summed E-state index contributed by atoms with van der Waals surface area (Å²) in [5.74, 6) is 0.101. The minimum atomic E-state index is -4.48. The molecule has 0 aliphatic heterocycles. The number of aromatic nitrogens is 1.